The van der Waals surface area contributed by atoms with Gasteiger partial charge >= 0.3 is 0 Å². The highest BCUT2D eigenvalue weighted by molar-refractivity contribution is 5.61. The zero-order valence-corrected chi connectivity index (χ0v) is 13.2. The Hall–Kier alpha value is -2.06. The van der Waals surface area contributed by atoms with Crippen LogP contribution in [0.15, 0.2) is 54.6 Å². The highest BCUT2D eigenvalue weighted by Crippen LogP contribution is 2.37. The summed E-state index contributed by atoms with van der Waals surface area (Å²) in [6.07, 6.45) is 5.41. The van der Waals surface area contributed by atoms with Crippen LogP contribution in [0.25, 0.3) is 6.08 Å². The lowest BCUT2D eigenvalue weighted by atomic mass is 9.75. The van der Waals surface area contributed by atoms with E-state index < -0.39 is 0 Å². The van der Waals surface area contributed by atoms with E-state index in [1.807, 2.05) is 24.3 Å². The van der Waals surface area contributed by atoms with Gasteiger partial charge in [0.25, 0.3) is 0 Å². The Morgan fingerprint density at radius 3 is 2.68 bits per heavy atom. The van der Waals surface area contributed by atoms with Gasteiger partial charge in [0.1, 0.15) is 5.75 Å². The molecule has 2 aromatic carbocycles. The monoisotopic (exact) mass is 294 g/mol. The molecular formula is C20H22O2. The zero-order chi connectivity index (χ0) is 15.4. The van der Waals surface area contributed by atoms with Crippen molar-refractivity contribution >= 4 is 6.08 Å². The van der Waals surface area contributed by atoms with Gasteiger partial charge in [-0.25, -0.2) is 0 Å². The molecule has 3 rings (SSSR count). The standard InChI is InChI=1S/C20H22O2/c1-20(15-22-14-16-7-4-3-5-8-16)12-6-9-17-10-11-18(21-2)13-19(17)20/h3-11,13H,12,14-15H2,1-2H3/t20-/m0/s1. The van der Waals surface area contributed by atoms with Gasteiger partial charge in [0.05, 0.1) is 20.3 Å². The van der Waals surface area contributed by atoms with E-state index in [-0.39, 0.29) is 5.41 Å². The molecule has 22 heavy (non-hydrogen) atoms. The molecule has 0 saturated heterocycles. The largest absolute Gasteiger partial charge is 0.497 e. The van der Waals surface area contributed by atoms with E-state index in [0.717, 1.165) is 12.2 Å². The lowest BCUT2D eigenvalue weighted by Gasteiger charge is -2.33. The topological polar surface area (TPSA) is 18.5 Å². The average Bonchev–Trinajstić information content (AvgIpc) is 2.56. The molecule has 0 radical (unpaired) electrons. The van der Waals surface area contributed by atoms with Crippen molar-refractivity contribution < 1.29 is 9.47 Å². The van der Waals surface area contributed by atoms with Crippen molar-refractivity contribution in [3.05, 3.63) is 71.3 Å². The molecule has 0 unspecified atom stereocenters. The Balaban J connectivity index is 1.74. The molecule has 0 aliphatic heterocycles. The third-order valence-corrected chi connectivity index (χ3v) is 4.31. The lowest BCUT2D eigenvalue weighted by Crippen LogP contribution is -2.30. The van der Waals surface area contributed by atoms with Gasteiger partial charge in [0, 0.05) is 5.41 Å². The minimum absolute atomic E-state index is 0.00654. The second-order valence-electron chi connectivity index (χ2n) is 6.10. The highest BCUT2D eigenvalue weighted by Gasteiger charge is 2.30. The van der Waals surface area contributed by atoms with Gasteiger partial charge in [-0.2, -0.15) is 0 Å². The first kappa shape index (κ1) is 14.9. The number of hydrogen-bond donors (Lipinski definition) is 0. The predicted octanol–water partition coefficient (Wildman–Crippen LogP) is 4.59. The molecule has 0 bridgehead atoms. The molecule has 1 atom stereocenters. The van der Waals surface area contributed by atoms with Crippen LogP contribution in [-0.2, 0) is 16.8 Å². The molecule has 1 aliphatic carbocycles. The van der Waals surface area contributed by atoms with Gasteiger partial charge < -0.3 is 9.47 Å². The third kappa shape index (κ3) is 3.07. The van der Waals surface area contributed by atoms with Gasteiger partial charge in [-0.1, -0.05) is 55.5 Å². The van der Waals surface area contributed by atoms with Gasteiger partial charge in [0.2, 0.25) is 0 Å². The summed E-state index contributed by atoms with van der Waals surface area (Å²) in [7, 11) is 1.71. The van der Waals surface area contributed by atoms with Gasteiger partial charge in [-0.15, -0.1) is 0 Å². The van der Waals surface area contributed by atoms with Crippen LogP contribution >= 0.6 is 0 Å². The zero-order valence-electron chi connectivity index (χ0n) is 13.2. The summed E-state index contributed by atoms with van der Waals surface area (Å²) in [6.45, 7) is 3.62. The fraction of sp³-hybridized carbons (Fsp3) is 0.300. The molecule has 0 saturated carbocycles. The van der Waals surface area contributed by atoms with Crippen LogP contribution in [0.5, 0.6) is 5.75 Å². The molecule has 2 nitrogen and oxygen atoms in total. The van der Waals surface area contributed by atoms with Crippen molar-refractivity contribution in [2.75, 3.05) is 13.7 Å². The SMILES string of the molecule is COc1ccc2c(c1)[C@](C)(COCc1ccccc1)CC=C2. The molecular weight excluding hydrogens is 272 g/mol. The summed E-state index contributed by atoms with van der Waals surface area (Å²) in [5.74, 6) is 0.906. The lowest BCUT2D eigenvalue weighted by molar-refractivity contribution is 0.0766. The maximum atomic E-state index is 6.02. The van der Waals surface area contributed by atoms with Gasteiger partial charge in [-0.05, 0) is 35.2 Å². The molecule has 0 amide bonds. The summed E-state index contributed by atoms with van der Waals surface area (Å²) in [4.78, 5) is 0. The van der Waals surface area contributed by atoms with E-state index in [0.29, 0.717) is 13.2 Å². The van der Waals surface area contributed by atoms with E-state index in [2.05, 4.69) is 43.3 Å². The number of allylic oxidation sites excluding steroid dienone is 1. The summed E-state index contributed by atoms with van der Waals surface area (Å²) in [6, 6.07) is 16.6. The molecule has 114 valence electrons. The number of fused-ring (bicyclic) bond motifs is 1. The smallest absolute Gasteiger partial charge is 0.119 e. The van der Waals surface area contributed by atoms with Crippen LogP contribution in [0.1, 0.15) is 30.0 Å². The molecule has 0 aromatic heterocycles. The van der Waals surface area contributed by atoms with Crippen LogP contribution in [0.2, 0.25) is 0 Å². The molecule has 0 N–H and O–H groups in total. The summed E-state index contributed by atoms with van der Waals surface area (Å²) in [5.41, 5.74) is 3.77. The van der Waals surface area contributed by atoms with E-state index in [1.165, 1.54) is 16.7 Å². The Morgan fingerprint density at radius 2 is 1.91 bits per heavy atom. The van der Waals surface area contributed by atoms with Gasteiger partial charge in [0.15, 0.2) is 0 Å². The second-order valence-corrected chi connectivity index (χ2v) is 6.10. The van der Waals surface area contributed by atoms with Crippen LogP contribution in [0.4, 0.5) is 0 Å². The summed E-state index contributed by atoms with van der Waals surface area (Å²) >= 11 is 0. The fourth-order valence-corrected chi connectivity index (χ4v) is 2.99. The van der Waals surface area contributed by atoms with Crippen molar-refractivity contribution in [3.63, 3.8) is 0 Å². The molecule has 2 aromatic rings. The van der Waals surface area contributed by atoms with E-state index in [1.54, 1.807) is 7.11 Å². The number of methoxy groups -OCH3 is 1. The number of benzene rings is 2. The summed E-state index contributed by atoms with van der Waals surface area (Å²) in [5, 5.41) is 0. The Bertz CT molecular complexity index is 661. The van der Waals surface area contributed by atoms with Crippen LogP contribution < -0.4 is 4.74 Å². The minimum Gasteiger partial charge on any atom is -0.497 e. The number of rotatable bonds is 5. The third-order valence-electron chi connectivity index (χ3n) is 4.31. The number of ether oxygens (including phenoxy) is 2. The highest BCUT2D eigenvalue weighted by atomic mass is 16.5. The maximum absolute atomic E-state index is 6.02. The Labute approximate surface area is 132 Å². The number of hydrogen-bond acceptors (Lipinski definition) is 2. The van der Waals surface area contributed by atoms with Crippen molar-refractivity contribution in [2.24, 2.45) is 0 Å². The normalized spacial score (nSPS) is 19.7. The van der Waals surface area contributed by atoms with E-state index in [4.69, 9.17) is 9.47 Å². The first-order chi connectivity index (χ1) is 10.7. The molecule has 0 fully saturated rings. The van der Waals surface area contributed by atoms with Crippen molar-refractivity contribution in [3.8, 4) is 5.75 Å². The predicted molar refractivity (Wildman–Crippen MR) is 90.1 cm³/mol. The molecule has 1 aliphatic rings. The minimum atomic E-state index is -0.00654. The van der Waals surface area contributed by atoms with Crippen LogP contribution in [-0.4, -0.2) is 13.7 Å². The summed E-state index contributed by atoms with van der Waals surface area (Å²) < 4.78 is 11.4. The van der Waals surface area contributed by atoms with E-state index >= 15 is 0 Å². The quantitative estimate of drug-likeness (QED) is 0.803. The molecule has 0 heterocycles. The van der Waals surface area contributed by atoms with Crippen molar-refractivity contribution in [2.45, 2.75) is 25.4 Å². The first-order valence-electron chi connectivity index (χ1n) is 7.68. The fourth-order valence-electron chi connectivity index (χ4n) is 2.99. The van der Waals surface area contributed by atoms with Crippen LogP contribution in [0, 0.1) is 0 Å². The molecule has 0 spiro atoms. The second kappa shape index (κ2) is 6.37. The molecule has 2 heteroatoms. The Kier molecular flexibility index (Phi) is 4.30. The van der Waals surface area contributed by atoms with E-state index in [9.17, 15) is 0 Å². The van der Waals surface area contributed by atoms with Crippen LogP contribution in [0.3, 0.4) is 0 Å². The van der Waals surface area contributed by atoms with Gasteiger partial charge in [-0.3, -0.25) is 0 Å². The maximum Gasteiger partial charge on any atom is 0.119 e. The Morgan fingerprint density at radius 1 is 1.09 bits per heavy atom. The first-order valence-corrected chi connectivity index (χ1v) is 7.68. The average molecular weight is 294 g/mol. The van der Waals surface area contributed by atoms with Crippen molar-refractivity contribution in [1.29, 1.82) is 0 Å². The van der Waals surface area contributed by atoms with Crippen molar-refractivity contribution in [1.82, 2.24) is 0 Å².